The number of amides is 6. The molecule has 4 rings (SSSR count). The number of carboxylic acids is 1. The number of aliphatic carboxylic acids is 1. The number of rotatable bonds is 5. The van der Waals surface area contributed by atoms with E-state index >= 15 is 0 Å². The summed E-state index contributed by atoms with van der Waals surface area (Å²) in [4.78, 5) is 76.0. The summed E-state index contributed by atoms with van der Waals surface area (Å²) >= 11 is 1.28. The van der Waals surface area contributed by atoms with Crippen LogP contribution in [0.1, 0.15) is 25.5 Å². The summed E-state index contributed by atoms with van der Waals surface area (Å²) in [7, 11) is 0. The third kappa shape index (κ3) is 3.95. The number of nitrogens with one attached hydrogen (secondary N) is 3. The Kier molecular flexibility index (Phi) is 5.98. The van der Waals surface area contributed by atoms with Gasteiger partial charge < -0.3 is 26.0 Å². The lowest BCUT2D eigenvalue weighted by atomic mass is 9.95. The van der Waals surface area contributed by atoms with Crippen LogP contribution < -0.4 is 16.0 Å². The van der Waals surface area contributed by atoms with Crippen LogP contribution in [0.3, 0.4) is 0 Å². The molecule has 4 unspecified atom stereocenters. The summed E-state index contributed by atoms with van der Waals surface area (Å²) in [6.07, 6.45) is 0. The molecule has 3 aliphatic heterocycles. The fourth-order valence-corrected chi connectivity index (χ4v) is 5.93. The molecule has 0 aliphatic carbocycles. The number of hydrogen-bond donors (Lipinski definition) is 4. The highest BCUT2D eigenvalue weighted by Gasteiger charge is 2.64. The van der Waals surface area contributed by atoms with E-state index in [0.29, 0.717) is 10.5 Å². The van der Waals surface area contributed by atoms with Gasteiger partial charge in [0.1, 0.15) is 23.5 Å². The summed E-state index contributed by atoms with van der Waals surface area (Å²) < 4.78 is -0.756. The van der Waals surface area contributed by atoms with Gasteiger partial charge in [-0.1, -0.05) is 30.3 Å². The van der Waals surface area contributed by atoms with E-state index in [9.17, 15) is 33.9 Å². The topological polar surface area (TPSA) is 165 Å². The molecule has 3 fully saturated rings. The minimum Gasteiger partial charge on any atom is -0.480 e. The van der Waals surface area contributed by atoms with Crippen molar-refractivity contribution < 1.29 is 33.9 Å². The lowest BCUT2D eigenvalue weighted by Crippen LogP contribution is -2.71. The van der Waals surface area contributed by atoms with Gasteiger partial charge in [0.2, 0.25) is 11.8 Å². The first-order valence-electron chi connectivity index (χ1n) is 10.5. The zero-order valence-corrected chi connectivity index (χ0v) is 19.1. The lowest BCUT2D eigenvalue weighted by Gasteiger charge is -2.44. The maximum Gasteiger partial charge on any atom is 0.327 e. The van der Waals surface area contributed by atoms with Crippen molar-refractivity contribution in [3.63, 3.8) is 0 Å². The Morgan fingerprint density at radius 2 is 1.85 bits per heavy atom. The first-order valence-corrected chi connectivity index (χ1v) is 11.4. The van der Waals surface area contributed by atoms with Crippen LogP contribution in [0, 0.1) is 0 Å². The molecule has 13 heteroatoms. The molecule has 0 radical (unpaired) electrons. The smallest absolute Gasteiger partial charge is 0.327 e. The molecule has 6 amide bonds. The second kappa shape index (κ2) is 8.63. The highest BCUT2D eigenvalue weighted by molar-refractivity contribution is 8.01. The molecule has 3 heterocycles. The van der Waals surface area contributed by atoms with E-state index in [1.54, 1.807) is 44.2 Å². The Balaban J connectivity index is 1.52. The Bertz CT molecular complexity index is 1080. The van der Waals surface area contributed by atoms with Gasteiger partial charge in [0.05, 0.1) is 0 Å². The number of hydrogen-bond acceptors (Lipinski definition) is 7. The van der Waals surface area contributed by atoms with Crippen molar-refractivity contribution in [2.75, 3.05) is 13.1 Å². The summed E-state index contributed by atoms with van der Waals surface area (Å²) in [5, 5.41) is 16.4. The molecule has 3 aliphatic rings. The Hall–Kier alpha value is -3.61. The third-order valence-electron chi connectivity index (χ3n) is 5.94. The summed E-state index contributed by atoms with van der Waals surface area (Å²) in [6, 6.07) is 4.05. The van der Waals surface area contributed by atoms with Crippen molar-refractivity contribution in [2.45, 2.75) is 42.1 Å². The van der Waals surface area contributed by atoms with E-state index in [1.165, 1.54) is 16.7 Å². The largest absolute Gasteiger partial charge is 0.480 e. The van der Waals surface area contributed by atoms with E-state index in [2.05, 4.69) is 16.0 Å². The summed E-state index contributed by atoms with van der Waals surface area (Å²) in [5.74, 6) is -4.31. The number of nitrogens with zero attached hydrogens (tertiary/aromatic N) is 2. The van der Waals surface area contributed by atoms with Gasteiger partial charge in [-0.3, -0.25) is 24.1 Å². The minimum absolute atomic E-state index is 0.0556. The molecule has 4 N–H and O–H groups in total. The molecule has 34 heavy (non-hydrogen) atoms. The fourth-order valence-electron chi connectivity index (χ4n) is 4.30. The monoisotopic (exact) mass is 489 g/mol. The van der Waals surface area contributed by atoms with Gasteiger partial charge in [-0.15, -0.1) is 11.8 Å². The number of fused-ring (bicyclic) bond motifs is 1. The average molecular weight is 490 g/mol. The molecule has 0 saturated carbocycles. The highest BCUT2D eigenvalue weighted by Crippen LogP contribution is 2.50. The van der Waals surface area contributed by atoms with Crippen molar-refractivity contribution in [3.05, 3.63) is 35.9 Å². The van der Waals surface area contributed by atoms with Crippen LogP contribution in [0.2, 0.25) is 0 Å². The highest BCUT2D eigenvalue weighted by atomic mass is 32.2. The van der Waals surface area contributed by atoms with Gasteiger partial charge in [0.25, 0.3) is 0 Å². The van der Waals surface area contributed by atoms with Gasteiger partial charge in [-0.25, -0.2) is 9.59 Å². The molecule has 0 bridgehead atoms. The normalized spacial score (nSPS) is 26.2. The molecule has 1 aromatic rings. The number of carboxylic acid groups (broad SMARTS) is 1. The minimum atomic E-state index is -1.26. The summed E-state index contributed by atoms with van der Waals surface area (Å²) in [5.41, 5.74) is 0.397. The number of benzene rings is 1. The number of urea groups is 1. The van der Waals surface area contributed by atoms with Crippen molar-refractivity contribution in [1.29, 1.82) is 0 Å². The van der Waals surface area contributed by atoms with Crippen molar-refractivity contribution >= 4 is 47.4 Å². The van der Waals surface area contributed by atoms with E-state index < -0.39 is 63.9 Å². The SMILES string of the molecule is CC1(C)SC2C(NC(=O)C(NC(=O)N3CCNC(=O)C3=O)c3ccccc3)C(=O)N2C1C(=O)O. The van der Waals surface area contributed by atoms with E-state index in [-0.39, 0.29) is 13.1 Å². The van der Waals surface area contributed by atoms with Gasteiger partial charge >= 0.3 is 23.8 Å². The molecule has 4 atom stereocenters. The van der Waals surface area contributed by atoms with Gasteiger partial charge in [-0.05, 0) is 19.4 Å². The van der Waals surface area contributed by atoms with Crippen LogP contribution in [0.5, 0.6) is 0 Å². The van der Waals surface area contributed by atoms with Crippen molar-refractivity contribution in [1.82, 2.24) is 25.8 Å². The molecule has 3 saturated heterocycles. The third-order valence-corrected chi connectivity index (χ3v) is 7.51. The lowest BCUT2D eigenvalue weighted by molar-refractivity contribution is -0.161. The number of carbonyl (C=O) groups excluding carboxylic acids is 5. The number of imide groups is 1. The van der Waals surface area contributed by atoms with Gasteiger partial charge in [0, 0.05) is 17.8 Å². The predicted octanol–water partition coefficient (Wildman–Crippen LogP) is -0.973. The molecule has 0 aromatic heterocycles. The molecular weight excluding hydrogens is 466 g/mol. The Morgan fingerprint density at radius 3 is 2.50 bits per heavy atom. The zero-order valence-electron chi connectivity index (χ0n) is 18.3. The molecule has 0 spiro atoms. The maximum absolute atomic E-state index is 13.2. The van der Waals surface area contributed by atoms with Gasteiger partial charge in [0.15, 0.2) is 0 Å². The standard InChI is InChI=1S/C21H23N5O7S/c1-21(2)13(19(31)32)26-16(29)12(18(26)34-21)23-14(27)11(10-6-4-3-5-7-10)24-20(33)25-9-8-22-15(28)17(25)30/h3-7,11-13,18H,8-9H2,1-2H3,(H,22,28)(H,23,27)(H,24,33)(H,31,32). The first-order chi connectivity index (χ1) is 16.0. The first kappa shape index (κ1) is 23.5. The molecular formula is C21H23N5O7S. The van der Waals surface area contributed by atoms with Crippen LogP contribution in [0.15, 0.2) is 30.3 Å². The second-order valence-electron chi connectivity index (χ2n) is 8.59. The van der Waals surface area contributed by atoms with E-state index in [0.717, 1.165) is 0 Å². The van der Waals surface area contributed by atoms with Gasteiger partial charge in [-0.2, -0.15) is 0 Å². The average Bonchev–Trinajstić information content (AvgIpc) is 3.05. The maximum atomic E-state index is 13.2. The Labute approximate surface area is 198 Å². The fraction of sp³-hybridized carbons (Fsp3) is 0.429. The quantitative estimate of drug-likeness (QED) is 0.303. The van der Waals surface area contributed by atoms with Crippen LogP contribution >= 0.6 is 11.8 Å². The Morgan fingerprint density at radius 1 is 1.18 bits per heavy atom. The molecule has 180 valence electrons. The van der Waals surface area contributed by atoms with Crippen LogP contribution in [-0.2, 0) is 24.0 Å². The van der Waals surface area contributed by atoms with Crippen molar-refractivity contribution in [2.24, 2.45) is 0 Å². The number of β-lactam (4-membered cyclic amide) rings is 1. The van der Waals surface area contributed by atoms with Crippen LogP contribution in [0.4, 0.5) is 4.79 Å². The number of piperazine rings is 1. The number of thioether (sulfide) groups is 1. The predicted molar refractivity (Wildman–Crippen MR) is 118 cm³/mol. The number of carbonyl (C=O) groups is 6. The van der Waals surface area contributed by atoms with Crippen LogP contribution in [0.25, 0.3) is 0 Å². The second-order valence-corrected chi connectivity index (χ2v) is 10.4. The van der Waals surface area contributed by atoms with Crippen molar-refractivity contribution in [3.8, 4) is 0 Å². The zero-order chi connectivity index (χ0) is 24.8. The molecule has 12 nitrogen and oxygen atoms in total. The van der Waals surface area contributed by atoms with E-state index in [4.69, 9.17) is 0 Å². The van der Waals surface area contributed by atoms with Crippen LogP contribution in [-0.4, -0.2) is 85.8 Å². The summed E-state index contributed by atoms with van der Waals surface area (Å²) in [6.45, 7) is 3.48. The molecule has 1 aromatic carbocycles. The van der Waals surface area contributed by atoms with E-state index in [1.807, 2.05) is 0 Å².